The maximum Gasteiger partial charge on any atom is 0.347 e. The van der Waals surface area contributed by atoms with Crippen LogP contribution in [-0.4, -0.2) is 28.6 Å². The van der Waals surface area contributed by atoms with Crippen LogP contribution >= 0.6 is 11.3 Å². The zero-order valence-corrected chi connectivity index (χ0v) is 14.6. The number of carbonyl (C=O) groups excluding carboxylic acids is 1. The molecule has 2 unspecified atom stereocenters. The van der Waals surface area contributed by atoms with Crippen LogP contribution in [0.4, 0.5) is 0 Å². The molecule has 0 aliphatic carbocycles. The van der Waals surface area contributed by atoms with Crippen LogP contribution in [0.3, 0.4) is 0 Å². The van der Waals surface area contributed by atoms with E-state index in [2.05, 4.69) is 10.3 Å². The Balaban J connectivity index is 2.14. The fourth-order valence-electron chi connectivity index (χ4n) is 2.27. The standard InChI is InChI=1S/C17H20N2O4S/c1-4-23-13(12-8-6-5-7-9-12)15(20)18-11(3)16-19-10(2)14(24-16)17(21)22/h5-9,11,13H,4H2,1-3H3,(H,18,20)(H,21,22). The van der Waals surface area contributed by atoms with Crippen LogP contribution in [0, 0.1) is 6.92 Å². The number of hydrogen-bond acceptors (Lipinski definition) is 5. The lowest BCUT2D eigenvalue weighted by Gasteiger charge is -2.19. The minimum atomic E-state index is -1.01. The predicted molar refractivity (Wildman–Crippen MR) is 91.2 cm³/mol. The maximum absolute atomic E-state index is 12.6. The summed E-state index contributed by atoms with van der Waals surface area (Å²) in [4.78, 5) is 28.1. The lowest BCUT2D eigenvalue weighted by atomic mass is 10.1. The number of aryl methyl sites for hydroxylation is 1. The van der Waals surface area contributed by atoms with Crippen molar-refractivity contribution < 1.29 is 19.4 Å². The number of aromatic carboxylic acids is 1. The molecule has 0 radical (unpaired) electrons. The lowest BCUT2D eigenvalue weighted by Crippen LogP contribution is -2.33. The van der Waals surface area contributed by atoms with Gasteiger partial charge in [0.1, 0.15) is 9.88 Å². The second-order valence-corrected chi connectivity index (χ2v) is 6.28. The van der Waals surface area contributed by atoms with Crippen LogP contribution in [0.25, 0.3) is 0 Å². The van der Waals surface area contributed by atoms with E-state index < -0.39 is 18.1 Å². The summed E-state index contributed by atoms with van der Waals surface area (Å²) in [6, 6.07) is 8.84. The Morgan fingerprint density at radius 3 is 2.54 bits per heavy atom. The normalized spacial score (nSPS) is 13.3. The second-order valence-electron chi connectivity index (χ2n) is 5.25. The number of thiazole rings is 1. The van der Waals surface area contributed by atoms with Crippen molar-refractivity contribution in [1.29, 1.82) is 0 Å². The van der Waals surface area contributed by atoms with Crippen molar-refractivity contribution in [1.82, 2.24) is 10.3 Å². The maximum atomic E-state index is 12.6. The third-order valence-corrected chi connectivity index (χ3v) is 4.74. The van der Waals surface area contributed by atoms with Gasteiger partial charge in [-0.05, 0) is 26.3 Å². The first-order valence-corrected chi connectivity index (χ1v) is 8.43. The van der Waals surface area contributed by atoms with Gasteiger partial charge < -0.3 is 15.2 Å². The summed E-state index contributed by atoms with van der Waals surface area (Å²) in [7, 11) is 0. The van der Waals surface area contributed by atoms with E-state index in [4.69, 9.17) is 9.84 Å². The highest BCUT2D eigenvalue weighted by Gasteiger charge is 2.25. The van der Waals surface area contributed by atoms with Gasteiger partial charge in [0.15, 0.2) is 6.10 Å². The van der Waals surface area contributed by atoms with E-state index in [0.29, 0.717) is 17.3 Å². The molecule has 2 rings (SSSR count). The number of nitrogens with one attached hydrogen (secondary N) is 1. The van der Waals surface area contributed by atoms with Gasteiger partial charge in [-0.3, -0.25) is 4.79 Å². The first-order chi connectivity index (χ1) is 11.4. The van der Waals surface area contributed by atoms with E-state index in [1.54, 1.807) is 13.8 Å². The van der Waals surface area contributed by atoms with Crippen LogP contribution < -0.4 is 5.32 Å². The number of carboxylic acid groups (broad SMARTS) is 1. The van der Waals surface area contributed by atoms with E-state index in [1.807, 2.05) is 37.3 Å². The highest BCUT2D eigenvalue weighted by molar-refractivity contribution is 7.13. The van der Waals surface area contributed by atoms with E-state index in [-0.39, 0.29) is 10.8 Å². The first kappa shape index (κ1) is 18.1. The largest absolute Gasteiger partial charge is 0.477 e. The molecule has 24 heavy (non-hydrogen) atoms. The number of hydrogen-bond donors (Lipinski definition) is 2. The molecular weight excluding hydrogens is 328 g/mol. The van der Waals surface area contributed by atoms with Crippen molar-refractivity contribution in [2.75, 3.05) is 6.61 Å². The zero-order valence-electron chi connectivity index (χ0n) is 13.8. The number of carbonyl (C=O) groups is 2. The molecule has 0 saturated heterocycles. The van der Waals surface area contributed by atoms with Crippen molar-refractivity contribution >= 4 is 23.2 Å². The monoisotopic (exact) mass is 348 g/mol. The Labute approximate surface area is 144 Å². The fourth-order valence-corrected chi connectivity index (χ4v) is 3.18. The quantitative estimate of drug-likeness (QED) is 0.802. The third-order valence-electron chi connectivity index (χ3n) is 3.41. The average molecular weight is 348 g/mol. The molecule has 7 heteroatoms. The van der Waals surface area contributed by atoms with Crippen molar-refractivity contribution in [2.24, 2.45) is 0 Å². The Morgan fingerprint density at radius 2 is 2.00 bits per heavy atom. The Morgan fingerprint density at radius 1 is 1.33 bits per heavy atom. The first-order valence-electron chi connectivity index (χ1n) is 7.61. The smallest absolute Gasteiger partial charge is 0.347 e. The molecule has 2 atom stereocenters. The number of rotatable bonds is 7. The summed E-state index contributed by atoms with van der Waals surface area (Å²) < 4.78 is 5.57. The van der Waals surface area contributed by atoms with Crippen molar-refractivity contribution in [3.8, 4) is 0 Å². The number of benzene rings is 1. The lowest BCUT2D eigenvalue weighted by molar-refractivity contribution is -0.133. The number of carboxylic acids is 1. The highest BCUT2D eigenvalue weighted by Crippen LogP contribution is 2.25. The minimum absolute atomic E-state index is 0.190. The van der Waals surface area contributed by atoms with E-state index in [0.717, 1.165) is 16.9 Å². The molecule has 1 aromatic heterocycles. The number of ether oxygens (including phenoxy) is 1. The Hall–Kier alpha value is -2.25. The molecule has 0 bridgehead atoms. The number of nitrogens with zero attached hydrogens (tertiary/aromatic N) is 1. The summed E-state index contributed by atoms with van der Waals surface area (Å²) in [5.41, 5.74) is 1.22. The minimum Gasteiger partial charge on any atom is -0.477 e. The van der Waals surface area contributed by atoms with Gasteiger partial charge in [-0.25, -0.2) is 9.78 Å². The third kappa shape index (κ3) is 4.18. The van der Waals surface area contributed by atoms with E-state index >= 15 is 0 Å². The summed E-state index contributed by atoms with van der Waals surface area (Å²) >= 11 is 1.07. The van der Waals surface area contributed by atoms with Gasteiger partial charge >= 0.3 is 5.97 Å². The molecule has 0 aliphatic heterocycles. The molecule has 1 heterocycles. The second kappa shape index (κ2) is 8.03. The van der Waals surface area contributed by atoms with Gasteiger partial charge in [0.25, 0.3) is 5.91 Å². The Bertz CT molecular complexity index is 715. The van der Waals surface area contributed by atoms with Crippen molar-refractivity contribution in [2.45, 2.75) is 32.9 Å². The van der Waals surface area contributed by atoms with Crippen LogP contribution in [0.15, 0.2) is 30.3 Å². The summed E-state index contributed by atoms with van der Waals surface area (Å²) in [5.74, 6) is -1.29. The van der Waals surface area contributed by atoms with Crippen molar-refractivity contribution in [3.05, 3.63) is 51.5 Å². The molecular formula is C17H20N2O4S. The molecule has 0 aliphatic rings. The van der Waals surface area contributed by atoms with Gasteiger partial charge in [-0.15, -0.1) is 11.3 Å². The van der Waals surface area contributed by atoms with Crippen LogP contribution in [-0.2, 0) is 9.53 Å². The van der Waals surface area contributed by atoms with Gasteiger partial charge in [0.2, 0.25) is 0 Å². The Kier molecular flexibility index (Phi) is 6.05. The summed E-state index contributed by atoms with van der Waals surface area (Å²) in [6.45, 7) is 5.65. The van der Waals surface area contributed by atoms with Crippen molar-refractivity contribution in [3.63, 3.8) is 0 Å². The predicted octanol–water partition coefficient (Wildman–Crippen LogP) is 3.10. The molecule has 128 valence electrons. The van der Waals surface area contributed by atoms with E-state index in [9.17, 15) is 9.59 Å². The topological polar surface area (TPSA) is 88.5 Å². The molecule has 2 N–H and O–H groups in total. The average Bonchev–Trinajstić information content (AvgIpc) is 2.95. The molecule has 0 spiro atoms. The zero-order chi connectivity index (χ0) is 17.7. The van der Waals surface area contributed by atoms with Gasteiger partial charge in [0.05, 0.1) is 11.7 Å². The number of aromatic nitrogens is 1. The van der Waals surface area contributed by atoms with E-state index in [1.165, 1.54) is 0 Å². The SMILES string of the molecule is CCOC(C(=O)NC(C)c1nc(C)c(C(=O)O)s1)c1ccccc1. The summed E-state index contributed by atoms with van der Waals surface area (Å²) in [5, 5.41) is 12.5. The molecule has 2 aromatic rings. The van der Waals surface area contributed by atoms with Gasteiger partial charge in [-0.1, -0.05) is 30.3 Å². The van der Waals surface area contributed by atoms with Crippen LogP contribution in [0.5, 0.6) is 0 Å². The molecule has 6 nitrogen and oxygen atoms in total. The highest BCUT2D eigenvalue weighted by atomic mass is 32.1. The molecule has 1 aromatic carbocycles. The van der Waals surface area contributed by atoms with Crippen LogP contribution in [0.2, 0.25) is 0 Å². The van der Waals surface area contributed by atoms with Gasteiger partial charge in [-0.2, -0.15) is 0 Å². The van der Waals surface area contributed by atoms with Crippen LogP contribution in [0.1, 0.15) is 51.9 Å². The molecule has 1 amide bonds. The summed E-state index contributed by atoms with van der Waals surface area (Å²) in [6.07, 6.45) is -0.710. The molecule has 0 fully saturated rings. The fraction of sp³-hybridized carbons (Fsp3) is 0.353. The molecule has 0 saturated carbocycles. The number of amides is 1. The van der Waals surface area contributed by atoms with Gasteiger partial charge in [0, 0.05) is 6.61 Å².